The third-order valence-electron chi connectivity index (χ3n) is 1.79. The monoisotopic (exact) mass is 250 g/mol. The van der Waals surface area contributed by atoms with Crippen LogP contribution in [0, 0.1) is 0 Å². The summed E-state index contributed by atoms with van der Waals surface area (Å²) >= 11 is 5.68. The lowest BCUT2D eigenvalue weighted by Gasteiger charge is -2.09. The Kier molecular flexibility index (Phi) is 6.24. The van der Waals surface area contributed by atoms with E-state index >= 15 is 0 Å². The van der Waals surface area contributed by atoms with Crippen molar-refractivity contribution in [3.63, 3.8) is 0 Å². The first kappa shape index (κ1) is 14.2. The molecule has 0 spiro atoms. The maximum absolute atomic E-state index is 10.9. The van der Waals surface area contributed by atoms with Crippen molar-refractivity contribution in [1.82, 2.24) is 4.98 Å². The molecule has 2 N–H and O–H groups in total. The van der Waals surface area contributed by atoms with Crippen LogP contribution in [0.1, 0.15) is 18.0 Å². The van der Waals surface area contributed by atoms with Crippen LogP contribution >= 0.6 is 24.0 Å². The minimum absolute atomic E-state index is 0. The van der Waals surface area contributed by atoms with Crippen molar-refractivity contribution in [3.8, 4) is 0 Å². The van der Waals surface area contributed by atoms with Crippen molar-refractivity contribution >= 4 is 30.0 Å². The molecule has 15 heavy (non-hydrogen) atoms. The summed E-state index contributed by atoms with van der Waals surface area (Å²) in [7, 11) is 1.33. The van der Waals surface area contributed by atoms with Crippen molar-refractivity contribution in [2.24, 2.45) is 5.73 Å². The lowest BCUT2D eigenvalue weighted by Crippen LogP contribution is -2.16. The van der Waals surface area contributed by atoms with Crippen LogP contribution in [0.4, 0.5) is 0 Å². The molecule has 0 fully saturated rings. The van der Waals surface area contributed by atoms with Crippen LogP contribution in [-0.4, -0.2) is 18.1 Å². The third kappa shape index (κ3) is 4.46. The van der Waals surface area contributed by atoms with Crippen LogP contribution in [-0.2, 0) is 9.53 Å². The van der Waals surface area contributed by atoms with Crippen LogP contribution in [0.3, 0.4) is 0 Å². The number of pyridine rings is 1. The number of esters is 1. The number of rotatable bonds is 3. The Labute approximate surface area is 99.2 Å². The highest BCUT2D eigenvalue weighted by molar-refractivity contribution is 6.29. The highest BCUT2D eigenvalue weighted by atomic mass is 35.5. The average molecular weight is 251 g/mol. The van der Waals surface area contributed by atoms with Gasteiger partial charge in [-0.2, -0.15) is 0 Å². The van der Waals surface area contributed by atoms with E-state index in [9.17, 15) is 4.79 Å². The Morgan fingerprint density at radius 3 is 2.93 bits per heavy atom. The van der Waals surface area contributed by atoms with E-state index in [0.29, 0.717) is 5.15 Å². The van der Waals surface area contributed by atoms with Crippen molar-refractivity contribution in [2.45, 2.75) is 12.5 Å². The molecule has 1 heterocycles. The lowest BCUT2D eigenvalue weighted by atomic mass is 10.1. The Morgan fingerprint density at radius 1 is 1.73 bits per heavy atom. The van der Waals surface area contributed by atoms with Gasteiger partial charge in [0.25, 0.3) is 0 Å². The quantitative estimate of drug-likeness (QED) is 0.656. The molecule has 0 aromatic carbocycles. The molecule has 0 radical (unpaired) electrons. The number of methoxy groups -OCH3 is 1. The molecule has 6 heteroatoms. The number of nitrogens with two attached hydrogens (primary N) is 1. The standard InChI is InChI=1S/C9H11ClN2O2.ClH/c1-14-9(13)5-7(11)6-2-3-12-8(10)4-6;/h2-4,7H,5,11H2,1H3;1H. The van der Waals surface area contributed by atoms with Gasteiger partial charge in [0.2, 0.25) is 0 Å². The minimum Gasteiger partial charge on any atom is -0.469 e. The van der Waals surface area contributed by atoms with E-state index in [2.05, 4.69) is 9.72 Å². The van der Waals surface area contributed by atoms with E-state index in [4.69, 9.17) is 17.3 Å². The number of aromatic nitrogens is 1. The zero-order valence-electron chi connectivity index (χ0n) is 8.14. The summed E-state index contributed by atoms with van der Waals surface area (Å²) < 4.78 is 4.51. The molecular formula is C9H12Cl2N2O2. The summed E-state index contributed by atoms with van der Waals surface area (Å²) in [5.74, 6) is -0.342. The van der Waals surface area contributed by atoms with Gasteiger partial charge >= 0.3 is 5.97 Å². The number of nitrogens with zero attached hydrogens (tertiary/aromatic N) is 1. The smallest absolute Gasteiger partial charge is 0.307 e. The first-order valence-electron chi connectivity index (χ1n) is 4.07. The van der Waals surface area contributed by atoms with Crippen LogP contribution < -0.4 is 5.73 Å². The van der Waals surface area contributed by atoms with Gasteiger partial charge in [0, 0.05) is 12.2 Å². The van der Waals surface area contributed by atoms with Gasteiger partial charge in [-0.3, -0.25) is 4.79 Å². The zero-order chi connectivity index (χ0) is 10.6. The second-order valence-electron chi connectivity index (χ2n) is 2.80. The number of hydrogen-bond acceptors (Lipinski definition) is 4. The van der Waals surface area contributed by atoms with Gasteiger partial charge in [0.15, 0.2) is 0 Å². The first-order valence-corrected chi connectivity index (χ1v) is 4.45. The number of hydrogen-bond donors (Lipinski definition) is 1. The number of ether oxygens (including phenoxy) is 1. The fraction of sp³-hybridized carbons (Fsp3) is 0.333. The molecule has 1 unspecified atom stereocenters. The van der Waals surface area contributed by atoms with E-state index in [1.54, 1.807) is 18.3 Å². The van der Waals surface area contributed by atoms with Crippen molar-refractivity contribution in [2.75, 3.05) is 7.11 Å². The molecule has 84 valence electrons. The summed E-state index contributed by atoms with van der Waals surface area (Å²) in [6.45, 7) is 0. The Morgan fingerprint density at radius 2 is 2.40 bits per heavy atom. The highest BCUT2D eigenvalue weighted by Crippen LogP contribution is 2.16. The van der Waals surface area contributed by atoms with Crippen molar-refractivity contribution < 1.29 is 9.53 Å². The van der Waals surface area contributed by atoms with Crippen LogP contribution in [0.5, 0.6) is 0 Å². The van der Waals surface area contributed by atoms with Gasteiger partial charge in [-0.15, -0.1) is 12.4 Å². The average Bonchev–Trinajstić information content (AvgIpc) is 2.17. The summed E-state index contributed by atoms with van der Waals surface area (Å²) in [6, 6.07) is 2.96. The SMILES string of the molecule is COC(=O)CC(N)c1ccnc(Cl)c1.Cl. The fourth-order valence-corrected chi connectivity index (χ4v) is 1.21. The predicted molar refractivity (Wildman–Crippen MR) is 60.1 cm³/mol. The van der Waals surface area contributed by atoms with Crippen molar-refractivity contribution in [3.05, 3.63) is 29.0 Å². The largest absolute Gasteiger partial charge is 0.469 e. The summed E-state index contributed by atoms with van der Waals surface area (Å²) in [4.78, 5) is 14.7. The van der Waals surface area contributed by atoms with Gasteiger partial charge in [-0.25, -0.2) is 4.98 Å². The van der Waals surface area contributed by atoms with Gasteiger partial charge in [-0.1, -0.05) is 11.6 Å². The number of carbonyl (C=O) groups is 1. The Bertz CT molecular complexity index is 334. The second kappa shape index (κ2) is 6.61. The molecule has 4 nitrogen and oxygen atoms in total. The Balaban J connectivity index is 0.00000196. The molecule has 1 aromatic rings. The van der Waals surface area contributed by atoms with Gasteiger partial charge < -0.3 is 10.5 Å². The second-order valence-corrected chi connectivity index (χ2v) is 3.19. The van der Waals surface area contributed by atoms with Gasteiger partial charge in [-0.05, 0) is 17.7 Å². The van der Waals surface area contributed by atoms with Crippen LogP contribution in [0.15, 0.2) is 18.3 Å². The summed E-state index contributed by atoms with van der Waals surface area (Å²) in [6.07, 6.45) is 1.69. The highest BCUT2D eigenvalue weighted by Gasteiger charge is 2.11. The molecule has 0 saturated heterocycles. The summed E-state index contributed by atoms with van der Waals surface area (Å²) in [5.41, 5.74) is 6.53. The van der Waals surface area contributed by atoms with Crippen molar-refractivity contribution in [1.29, 1.82) is 0 Å². The molecule has 1 rings (SSSR count). The van der Waals surface area contributed by atoms with Gasteiger partial charge in [0.1, 0.15) is 5.15 Å². The van der Waals surface area contributed by atoms with Crippen LogP contribution in [0.25, 0.3) is 0 Å². The number of carbonyl (C=O) groups excluding carboxylic acids is 1. The molecule has 1 aromatic heterocycles. The predicted octanol–water partition coefficient (Wildman–Crippen LogP) is 1.72. The van der Waals surface area contributed by atoms with E-state index < -0.39 is 6.04 Å². The van der Waals surface area contributed by atoms with E-state index in [-0.39, 0.29) is 24.8 Å². The molecule has 0 bridgehead atoms. The maximum atomic E-state index is 10.9. The lowest BCUT2D eigenvalue weighted by molar-refractivity contribution is -0.141. The molecule has 1 atom stereocenters. The van der Waals surface area contributed by atoms with Crippen LogP contribution in [0.2, 0.25) is 5.15 Å². The molecule has 0 amide bonds. The van der Waals surface area contributed by atoms with Gasteiger partial charge in [0.05, 0.1) is 13.5 Å². The Hall–Kier alpha value is -0.840. The van der Waals surface area contributed by atoms with E-state index in [1.807, 2.05) is 0 Å². The first-order chi connectivity index (χ1) is 6.63. The summed E-state index contributed by atoms with van der Waals surface area (Å²) in [5, 5.41) is 0.364. The molecule has 0 aliphatic rings. The molecule has 0 saturated carbocycles. The topological polar surface area (TPSA) is 65.2 Å². The minimum atomic E-state index is -0.400. The third-order valence-corrected chi connectivity index (χ3v) is 2.00. The zero-order valence-corrected chi connectivity index (χ0v) is 9.72. The van der Waals surface area contributed by atoms with E-state index in [0.717, 1.165) is 5.56 Å². The molecule has 0 aliphatic heterocycles. The number of halogens is 2. The fourth-order valence-electron chi connectivity index (χ4n) is 1.03. The molecular weight excluding hydrogens is 239 g/mol. The normalized spacial score (nSPS) is 11.4. The maximum Gasteiger partial charge on any atom is 0.307 e. The molecule has 0 aliphatic carbocycles. The van der Waals surface area contributed by atoms with E-state index in [1.165, 1.54) is 7.11 Å².